The molecule has 6 heteroatoms. The molecule has 1 aliphatic rings. The molecule has 32 heavy (non-hydrogen) atoms. The molecule has 1 saturated heterocycles. The lowest BCUT2D eigenvalue weighted by Crippen LogP contribution is -2.42. The summed E-state index contributed by atoms with van der Waals surface area (Å²) in [6, 6.07) is 21.6. The zero-order chi connectivity index (χ0) is 22.7. The number of carbonyl (C=O) groups excluding carboxylic acids is 2. The molecular weight excluding hydrogens is 402 g/mol. The summed E-state index contributed by atoms with van der Waals surface area (Å²) in [6.07, 6.45) is 1.85. The second-order valence-corrected chi connectivity index (χ2v) is 7.96. The van der Waals surface area contributed by atoms with Gasteiger partial charge < -0.3 is 10.1 Å². The maximum Gasteiger partial charge on any atom is 0.304 e. The van der Waals surface area contributed by atoms with Crippen LogP contribution in [0.4, 0.5) is 0 Å². The van der Waals surface area contributed by atoms with Crippen LogP contribution < -0.4 is 15.5 Å². The van der Waals surface area contributed by atoms with Crippen LogP contribution in [0.2, 0.25) is 0 Å². The van der Waals surface area contributed by atoms with Gasteiger partial charge in [0.15, 0.2) is 6.04 Å². The number of hydrogen-bond donors (Lipinski definition) is 2. The molecule has 162 valence electrons. The van der Waals surface area contributed by atoms with Crippen molar-refractivity contribution in [1.82, 2.24) is 10.7 Å². The molecule has 6 nitrogen and oxygen atoms in total. The molecule has 0 spiro atoms. The SMILES string of the molecule is COc1cccc(/C=[N+]2\NC(=O)[C@@H](NC(=O)c3ccc(C)cc3)[C@H]2c2ccc(C)cc2)c1. The normalized spacial score (nSPS) is 19.0. The van der Waals surface area contributed by atoms with Gasteiger partial charge in [0.2, 0.25) is 12.3 Å². The van der Waals surface area contributed by atoms with Crippen LogP contribution in [0.25, 0.3) is 0 Å². The molecule has 0 aliphatic carbocycles. The van der Waals surface area contributed by atoms with E-state index < -0.39 is 12.1 Å². The number of carbonyl (C=O) groups is 2. The Morgan fingerprint density at radius 2 is 1.66 bits per heavy atom. The average Bonchev–Trinajstić information content (AvgIpc) is 3.09. The van der Waals surface area contributed by atoms with Crippen molar-refractivity contribution in [2.45, 2.75) is 25.9 Å². The van der Waals surface area contributed by atoms with Gasteiger partial charge in [0.25, 0.3) is 5.91 Å². The number of methoxy groups -OCH3 is 1. The van der Waals surface area contributed by atoms with E-state index in [1.165, 1.54) is 0 Å². The maximum absolute atomic E-state index is 13.0. The molecule has 3 aromatic carbocycles. The van der Waals surface area contributed by atoms with E-state index in [0.717, 1.165) is 28.0 Å². The Kier molecular flexibility index (Phi) is 6.03. The number of aryl methyl sites for hydroxylation is 2. The molecule has 2 atom stereocenters. The van der Waals surface area contributed by atoms with Crippen LogP contribution in [-0.2, 0) is 4.79 Å². The summed E-state index contributed by atoms with van der Waals surface area (Å²) in [7, 11) is 1.61. The van der Waals surface area contributed by atoms with Gasteiger partial charge in [-0.3, -0.25) is 9.59 Å². The summed E-state index contributed by atoms with van der Waals surface area (Å²) in [6.45, 7) is 3.98. The summed E-state index contributed by atoms with van der Waals surface area (Å²) in [5.74, 6) is 0.168. The number of ether oxygens (including phenoxy) is 1. The fourth-order valence-corrected chi connectivity index (χ4v) is 3.76. The van der Waals surface area contributed by atoms with Crippen LogP contribution in [-0.4, -0.2) is 35.9 Å². The molecule has 1 aliphatic heterocycles. The van der Waals surface area contributed by atoms with Gasteiger partial charge in [-0.15, -0.1) is 10.1 Å². The first-order valence-electron chi connectivity index (χ1n) is 10.5. The van der Waals surface area contributed by atoms with Crippen molar-refractivity contribution >= 4 is 18.0 Å². The number of hydrogen-bond acceptors (Lipinski definition) is 3. The molecule has 2 amide bonds. The number of nitrogens with one attached hydrogen (secondary N) is 2. The quantitative estimate of drug-likeness (QED) is 0.613. The zero-order valence-corrected chi connectivity index (χ0v) is 18.3. The highest BCUT2D eigenvalue weighted by molar-refractivity contribution is 5.98. The van der Waals surface area contributed by atoms with Crippen molar-refractivity contribution in [2.75, 3.05) is 7.11 Å². The Labute approximate surface area is 187 Å². The number of amides is 2. The third-order valence-electron chi connectivity index (χ3n) is 5.54. The van der Waals surface area contributed by atoms with Crippen LogP contribution in [0.5, 0.6) is 5.75 Å². The monoisotopic (exact) mass is 428 g/mol. The first-order chi connectivity index (χ1) is 15.4. The van der Waals surface area contributed by atoms with Gasteiger partial charge >= 0.3 is 5.91 Å². The third kappa shape index (κ3) is 4.54. The third-order valence-corrected chi connectivity index (χ3v) is 5.54. The standard InChI is InChI=1S/C26H25N3O3/c1-17-7-11-20(12-8-17)24-23(27-25(30)21-13-9-18(2)10-14-21)26(31)28-29(24)16-19-5-4-6-22(15-19)32-3/h4-16,23-24H,1-3H3,(H-,27,28,30,31)/p+1/b29-16-/t23-,24+/m0/s1. The number of hydrazone groups is 1. The number of rotatable bonds is 5. The molecule has 2 N–H and O–H groups in total. The van der Waals surface area contributed by atoms with Gasteiger partial charge in [0.05, 0.1) is 7.11 Å². The maximum atomic E-state index is 13.0. The lowest BCUT2D eigenvalue weighted by atomic mass is 9.98. The largest absolute Gasteiger partial charge is 0.497 e. The lowest BCUT2D eigenvalue weighted by molar-refractivity contribution is -0.596. The van der Waals surface area contributed by atoms with Gasteiger partial charge in [-0.25, -0.2) is 0 Å². The topological polar surface area (TPSA) is 70.4 Å². The Bertz CT molecular complexity index is 1170. The summed E-state index contributed by atoms with van der Waals surface area (Å²) in [5, 5.41) is 2.93. The molecule has 0 bridgehead atoms. The molecule has 0 saturated carbocycles. The van der Waals surface area contributed by atoms with Gasteiger partial charge in [0, 0.05) is 16.7 Å². The number of nitrogens with zero attached hydrogens (tertiary/aromatic N) is 1. The second-order valence-electron chi connectivity index (χ2n) is 7.96. The molecule has 0 aromatic heterocycles. The van der Waals surface area contributed by atoms with E-state index in [2.05, 4.69) is 10.7 Å². The Morgan fingerprint density at radius 3 is 2.31 bits per heavy atom. The van der Waals surface area contributed by atoms with Crippen molar-refractivity contribution in [2.24, 2.45) is 0 Å². The van der Waals surface area contributed by atoms with Gasteiger partial charge in [0.1, 0.15) is 5.75 Å². The Morgan fingerprint density at radius 1 is 1.00 bits per heavy atom. The van der Waals surface area contributed by atoms with E-state index in [1.54, 1.807) is 23.9 Å². The predicted molar refractivity (Wildman–Crippen MR) is 123 cm³/mol. The van der Waals surface area contributed by atoms with E-state index in [4.69, 9.17) is 4.74 Å². The van der Waals surface area contributed by atoms with E-state index in [-0.39, 0.29) is 11.8 Å². The Balaban J connectivity index is 1.70. The smallest absolute Gasteiger partial charge is 0.304 e. The lowest BCUT2D eigenvalue weighted by Gasteiger charge is -2.15. The summed E-state index contributed by atoms with van der Waals surface area (Å²) < 4.78 is 7.07. The fourth-order valence-electron chi connectivity index (χ4n) is 3.76. The van der Waals surface area contributed by atoms with Crippen LogP contribution in [0.1, 0.15) is 38.7 Å². The summed E-state index contributed by atoms with van der Waals surface area (Å²) in [5.41, 5.74) is 7.39. The molecular formula is C26H26N3O3+. The van der Waals surface area contributed by atoms with Crippen molar-refractivity contribution < 1.29 is 19.0 Å². The van der Waals surface area contributed by atoms with E-state index in [0.29, 0.717) is 5.56 Å². The van der Waals surface area contributed by atoms with E-state index in [9.17, 15) is 9.59 Å². The molecule has 1 fully saturated rings. The van der Waals surface area contributed by atoms with Crippen LogP contribution in [0, 0.1) is 13.8 Å². The predicted octanol–water partition coefficient (Wildman–Crippen LogP) is 3.33. The Hall–Kier alpha value is -3.93. The van der Waals surface area contributed by atoms with Gasteiger partial charge in [-0.05, 0) is 44.2 Å². The molecule has 1 heterocycles. The highest BCUT2D eigenvalue weighted by Gasteiger charge is 2.47. The van der Waals surface area contributed by atoms with Crippen molar-refractivity contribution in [1.29, 1.82) is 0 Å². The summed E-state index contributed by atoms with van der Waals surface area (Å²) in [4.78, 5) is 25.9. The minimum absolute atomic E-state index is 0.268. The molecule has 4 rings (SSSR count). The minimum Gasteiger partial charge on any atom is -0.497 e. The average molecular weight is 429 g/mol. The number of hydrazine groups is 1. The zero-order valence-electron chi connectivity index (χ0n) is 18.3. The van der Waals surface area contributed by atoms with Crippen LogP contribution >= 0.6 is 0 Å². The van der Waals surface area contributed by atoms with Gasteiger partial charge in [-0.2, -0.15) is 0 Å². The van der Waals surface area contributed by atoms with Crippen molar-refractivity contribution in [3.63, 3.8) is 0 Å². The van der Waals surface area contributed by atoms with Crippen molar-refractivity contribution in [3.05, 3.63) is 101 Å². The van der Waals surface area contributed by atoms with E-state index in [1.807, 2.05) is 80.7 Å². The first kappa shape index (κ1) is 21.3. The minimum atomic E-state index is -0.756. The summed E-state index contributed by atoms with van der Waals surface area (Å²) >= 11 is 0. The highest BCUT2D eigenvalue weighted by atomic mass is 16.5. The fraction of sp³-hybridized carbons (Fsp3) is 0.192. The molecule has 3 aromatic rings. The van der Waals surface area contributed by atoms with Crippen LogP contribution in [0.15, 0.2) is 72.8 Å². The van der Waals surface area contributed by atoms with Gasteiger partial charge in [-0.1, -0.05) is 53.6 Å². The highest BCUT2D eigenvalue weighted by Crippen LogP contribution is 2.26. The molecule has 0 radical (unpaired) electrons. The number of benzene rings is 3. The van der Waals surface area contributed by atoms with E-state index >= 15 is 0 Å². The van der Waals surface area contributed by atoms with Crippen LogP contribution in [0.3, 0.4) is 0 Å². The second kappa shape index (κ2) is 9.06. The molecule has 0 unspecified atom stereocenters. The first-order valence-corrected chi connectivity index (χ1v) is 10.5. The van der Waals surface area contributed by atoms with Crippen molar-refractivity contribution in [3.8, 4) is 5.75 Å².